The van der Waals surface area contributed by atoms with Crippen LogP contribution in [-0.2, 0) is 9.59 Å². The molecule has 34 heavy (non-hydrogen) atoms. The van der Waals surface area contributed by atoms with Gasteiger partial charge in [0.05, 0.1) is 20.9 Å². The Labute approximate surface area is 201 Å². The maximum Gasteiger partial charge on any atom is 0.264 e. The van der Waals surface area contributed by atoms with Crippen molar-refractivity contribution in [1.29, 1.82) is 0 Å². The molecule has 3 amide bonds. The second kappa shape index (κ2) is 9.06. The van der Waals surface area contributed by atoms with E-state index in [2.05, 4.69) is 10.3 Å². The molecule has 3 aromatic rings. The summed E-state index contributed by atoms with van der Waals surface area (Å²) in [6.07, 6.45) is 1.99. The lowest BCUT2D eigenvalue weighted by Gasteiger charge is -2.32. The number of nitrogens with zero attached hydrogens (tertiary/aromatic N) is 3. The first-order valence-electron chi connectivity index (χ1n) is 11.4. The predicted molar refractivity (Wildman–Crippen MR) is 132 cm³/mol. The molecular weight excluding hydrogens is 452 g/mol. The Morgan fingerprint density at radius 2 is 1.97 bits per heavy atom. The molecule has 2 aliphatic heterocycles. The molecule has 3 heterocycles. The molecule has 0 unspecified atom stereocenters. The largest absolute Gasteiger partial charge is 0.482 e. The molecule has 9 heteroatoms. The number of likely N-dealkylation sites (N-methyl/N-ethyl adjacent to an activating group) is 1. The van der Waals surface area contributed by atoms with Gasteiger partial charge in [-0.15, -0.1) is 11.3 Å². The van der Waals surface area contributed by atoms with Crippen molar-refractivity contribution >= 4 is 50.6 Å². The Hall–Kier alpha value is -3.46. The van der Waals surface area contributed by atoms with Gasteiger partial charge in [0.15, 0.2) is 6.61 Å². The summed E-state index contributed by atoms with van der Waals surface area (Å²) in [6.45, 7) is 3.19. The fourth-order valence-electron chi connectivity index (χ4n) is 4.52. The lowest BCUT2D eigenvalue weighted by molar-refractivity contribution is -0.121. The van der Waals surface area contributed by atoms with Crippen LogP contribution >= 0.6 is 11.3 Å². The fourth-order valence-corrected chi connectivity index (χ4v) is 5.39. The highest BCUT2D eigenvalue weighted by Gasteiger charge is 2.28. The van der Waals surface area contributed by atoms with Crippen molar-refractivity contribution in [2.75, 3.05) is 37.0 Å². The second-order valence-electron chi connectivity index (χ2n) is 8.83. The lowest BCUT2D eigenvalue weighted by Crippen LogP contribution is -2.39. The lowest BCUT2D eigenvalue weighted by atomic mass is 9.92. The summed E-state index contributed by atoms with van der Waals surface area (Å²) in [5.41, 5.74) is 2.88. The van der Waals surface area contributed by atoms with E-state index >= 15 is 0 Å². The number of fused-ring (bicyclic) bond motifs is 2. The minimum atomic E-state index is -0.140. The number of anilines is 2. The highest BCUT2D eigenvalue weighted by molar-refractivity contribution is 7.18. The first-order chi connectivity index (χ1) is 16.4. The van der Waals surface area contributed by atoms with Crippen LogP contribution in [0.15, 0.2) is 36.4 Å². The monoisotopic (exact) mass is 478 g/mol. The van der Waals surface area contributed by atoms with Gasteiger partial charge < -0.3 is 19.9 Å². The molecule has 0 aliphatic carbocycles. The van der Waals surface area contributed by atoms with E-state index in [1.165, 1.54) is 4.90 Å². The number of aryl methyl sites for hydroxylation is 1. The Kier molecular flexibility index (Phi) is 5.95. The standard InChI is InChI=1S/C25H26N4O4S/c1-15-26-19-5-4-18(13-22(19)34-15)27-23(30)11-16-7-9-29(10-8-16)25(32)17-3-6-21-20(12-17)28(2)24(31)14-33-21/h3-6,12-13,16H,7-11,14H2,1-2H3,(H,27,30). The number of aromatic nitrogens is 1. The Bertz CT molecular complexity index is 1280. The zero-order valence-corrected chi connectivity index (χ0v) is 20.0. The van der Waals surface area contributed by atoms with Gasteiger partial charge in [-0.05, 0) is 62.1 Å². The van der Waals surface area contributed by atoms with Crippen molar-refractivity contribution in [2.24, 2.45) is 5.92 Å². The van der Waals surface area contributed by atoms with Gasteiger partial charge >= 0.3 is 0 Å². The minimum Gasteiger partial charge on any atom is -0.482 e. The topological polar surface area (TPSA) is 91.8 Å². The molecular formula is C25H26N4O4S. The summed E-state index contributed by atoms with van der Waals surface area (Å²) in [5.74, 6) is 0.628. The number of carbonyl (C=O) groups excluding carboxylic acids is 3. The smallest absolute Gasteiger partial charge is 0.264 e. The summed E-state index contributed by atoms with van der Waals surface area (Å²) < 4.78 is 6.51. The van der Waals surface area contributed by atoms with E-state index in [1.54, 1.807) is 36.6 Å². The predicted octanol–water partition coefficient (Wildman–Crippen LogP) is 3.84. The molecule has 176 valence electrons. The van der Waals surface area contributed by atoms with E-state index in [4.69, 9.17) is 4.74 Å². The van der Waals surface area contributed by atoms with Crippen LogP contribution in [0.2, 0.25) is 0 Å². The van der Waals surface area contributed by atoms with Gasteiger partial charge in [0.1, 0.15) is 5.75 Å². The third kappa shape index (κ3) is 4.48. The molecule has 8 nitrogen and oxygen atoms in total. The van der Waals surface area contributed by atoms with Crippen LogP contribution in [0.1, 0.15) is 34.6 Å². The summed E-state index contributed by atoms with van der Waals surface area (Å²) in [5, 5.41) is 4.01. The van der Waals surface area contributed by atoms with Crippen molar-refractivity contribution in [3.63, 3.8) is 0 Å². The van der Waals surface area contributed by atoms with Crippen molar-refractivity contribution in [1.82, 2.24) is 9.88 Å². The Morgan fingerprint density at radius 1 is 1.18 bits per heavy atom. The van der Waals surface area contributed by atoms with Crippen molar-refractivity contribution in [3.05, 3.63) is 47.0 Å². The van der Waals surface area contributed by atoms with E-state index < -0.39 is 0 Å². The van der Waals surface area contributed by atoms with Gasteiger partial charge in [0.25, 0.3) is 11.8 Å². The summed E-state index contributed by atoms with van der Waals surface area (Å²) >= 11 is 1.61. The molecule has 0 atom stereocenters. The highest BCUT2D eigenvalue weighted by Crippen LogP contribution is 2.33. The quantitative estimate of drug-likeness (QED) is 0.615. The van der Waals surface area contributed by atoms with Crippen molar-refractivity contribution in [3.8, 4) is 5.75 Å². The molecule has 0 saturated carbocycles. The number of ether oxygens (including phenoxy) is 1. The molecule has 1 N–H and O–H groups in total. The number of benzene rings is 2. The van der Waals surface area contributed by atoms with Gasteiger partial charge in [-0.1, -0.05) is 0 Å². The molecule has 5 rings (SSSR count). The number of likely N-dealkylation sites (tertiary alicyclic amines) is 1. The number of piperidine rings is 1. The highest BCUT2D eigenvalue weighted by atomic mass is 32.1. The molecule has 0 radical (unpaired) electrons. The molecule has 2 aromatic carbocycles. The minimum absolute atomic E-state index is 0.00671. The van der Waals surface area contributed by atoms with Gasteiger partial charge in [0.2, 0.25) is 5.91 Å². The van der Waals surface area contributed by atoms with Crippen LogP contribution in [0.25, 0.3) is 10.2 Å². The number of nitrogens with one attached hydrogen (secondary N) is 1. The van der Waals surface area contributed by atoms with Crippen LogP contribution in [0, 0.1) is 12.8 Å². The Morgan fingerprint density at radius 3 is 2.76 bits per heavy atom. The Balaban J connectivity index is 1.16. The summed E-state index contributed by atoms with van der Waals surface area (Å²) in [7, 11) is 1.69. The van der Waals surface area contributed by atoms with Gasteiger partial charge in [0, 0.05) is 37.8 Å². The summed E-state index contributed by atoms with van der Waals surface area (Å²) in [6, 6.07) is 11.0. The van der Waals surface area contributed by atoms with Crippen LogP contribution in [0.5, 0.6) is 5.75 Å². The molecule has 0 spiro atoms. The number of thiazole rings is 1. The normalized spacial score (nSPS) is 16.4. The fraction of sp³-hybridized carbons (Fsp3) is 0.360. The van der Waals surface area contributed by atoms with Gasteiger partial charge in [-0.25, -0.2) is 4.98 Å². The molecule has 1 aromatic heterocycles. The third-order valence-corrected chi connectivity index (χ3v) is 7.38. The van der Waals surface area contributed by atoms with E-state index in [0.717, 1.165) is 33.8 Å². The van der Waals surface area contributed by atoms with Crippen LogP contribution in [0.3, 0.4) is 0 Å². The molecule has 2 aliphatic rings. The second-order valence-corrected chi connectivity index (χ2v) is 10.1. The number of amides is 3. The van der Waals surface area contributed by atoms with E-state index in [9.17, 15) is 14.4 Å². The number of hydrogen-bond acceptors (Lipinski definition) is 6. The van der Waals surface area contributed by atoms with E-state index in [1.807, 2.05) is 30.0 Å². The number of carbonyl (C=O) groups is 3. The van der Waals surface area contributed by atoms with Crippen molar-refractivity contribution < 1.29 is 19.1 Å². The zero-order valence-electron chi connectivity index (χ0n) is 19.2. The number of rotatable bonds is 4. The average Bonchev–Trinajstić information content (AvgIpc) is 3.20. The average molecular weight is 479 g/mol. The third-order valence-electron chi connectivity index (χ3n) is 6.45. The SMILES string of the molecule is Cc1nc2ccc(NC(=O)CC3CCN(C(=O)c4ccc5c(c4)N(C)C(=O)CO5)CC3)cc2s1. The zero-order chi connectivity index (χ0) is 23.8. The molecule has 0 bridgehead atoms. The van der Waals surface area contributed by atoms with Crippen molar-refractivity contribution in [2.45, 2.75) is 26.2 Å². The van der Waals surface area contributed by atoms with Gasteiger partial charge in [-0.2, -0.15) is 0 Å². The first-order valence-corrected chi connectivity index (χ1v) is 12.2. The molecule has 1 saturated heterocycles. The van der Waals surface area contributed by atoms with Gasteiger partial charge in [-0.3, -0.25) is 14.4 Å². The van der Waals surface area contributed by atoms with E-state index in [0.29, 0.717) is 36.5 Å². The number of hydrogen-bond donors (Lipinski definition) is 1. The first kappa shape index (κ1) is 22.3. The van der Waals surface area contributed by atoms with Crippen LogP contribution < -0.4 is 15.0 Å². The van der Waals surface area contributed by atoms with Crippen LogP contribution in [0.4, 0.5) is 11.4 Å². The maximum absolute atomic E-state index is 13.1. The van der Waals surface area contributed by atoms with E-state index in [-0.39, 0.29) is 30.2 Å². The molecule has 1 fully saturated rings. The summed E-state index contributed by atoms with van der Waals surface area (Å²) in [4.78, 5) is 45.4. The maximum atomic E-state index is 13.1. The van der Waals surface area contributed by atoms with Crippen LogP contribution in [-0.4, -0.2) is 54.3 Å².